The summed E-state index contributed by atoms with van der Waals surface area (Å²) in [6.07, 6.45) is 2.80. The Balaban J connectivity index is 2.21. The number of carbonyl (C=O) groups is 1. The molecular weight excluding hydrogens is 258 g/mol. The van der Waals surface area contributed by atoms with Crippen molar-refractivity contribution in [2.75, 3.05) is 18.0 Å². The largest absolute Gasteiger partial charge is 0.368 e. The standard InChI is InChI=1S/C14H17N3OS/c1-2-8-17(10-13(15)18)14-16-9-12(19-14)11-6-4-3-5-7-11/h3-7,9H,2,8,10H2,1H3,(H2,15,18). The molecule has 0 aliphatic heterocycles. The van der Waals surface area contributed by atoms with E-state index in [4.69, 9.17) is 5.73 Å². The van der Waals surface area contributed by atoms with E-state index in [1.54, 1.807) is 11.3 Å². The first kappa shape index (κ1) is 13.5. The van der Waals surface area contributed by atoms with Crippen LogP contribution >= 0.6 is 11.3 Å². The van der Waals surface area contributed by atoms with Crippen LogP contribution in [-0.4, -0.2) is 24.0 Å². The van der Waals surface area contributed by atoms with Gasteiger partial charge < -0.3 is 10.6 Å². The molecule has 0 radical (unpaired) electrons. The van der Waals surface area contributed by atoms with Crippen molar-refractivity contribution in [3.63, 3.8) is 0 Å². The van der Waals surface area contributed by atoms with E-state index >= 15 is 0 Å². The van der Waals surface area contributed by atoms with Gasteiger partial charge >= 0.3 is 0 Å². The number of thiazole rings is 1. The predicted molar refractivity (Wildman–Crippen MR) is 79.2 cm³/mol. The maximum absolute atomic E-state index is 11.1. The van der Waals surface area contributed by atoms with Crippen molar-refractivity contribution < 1.29 is 4.79 Å². The number of carbonyl (C=O) groups excluding carboxylic acids is 1. The third kappa shape index (κ3) is 3.54. The molecule has 0 atom stereocenters. The lowest BCUT2D eigenvalue weighted by Gasteiger charge is -2.18. The summed E-state index contributed by atoms with van der Waals surface area (Å²) in [7, 11) is 0. The molecular formula is C14H17N3OS. The SMILES string of the molecule is CCCN(CC(N)=O)c1ncc(-c2ccccc2)s1. The minimum atomic E-state index is -0.329. The summed E-state index contributed by atoms with van der Waals surface area (Å²) in [4.78, 5) is 18.5. The van der Waals surface area contributed by atoms with Gasteiger partial charge in [0.25, 0.3) is 0 Å². The van der Waals surface area contributed by atoms with Crippen LogP contribution in [-0.2, 0) is 4.79 Å². The normalized spacial score (nSPS) is 10.4. The van der Waals surface area contributed by atoms with Gasteiger partial charge in [0.2, 0.25) is 5.91 Å². The number of aromatic nitrogens is 1. The third-order valence-corrected chi connectivity index (χ3v) is 3.77. The van der Waals surface area contributed by atoms with Gasteiger partial charge in [-0.2, -0.15) is 0 Å². The highest BCUT2D eigenvalue weighted by Crippen LogP contribution is 2.30. The smallest absolute Gasteiger partial charge is 0.237 e. The zero-order chi connectivity index (χ0) is 13.7. The number of hydrogen-bond donors (Lipinski definition) is 1. The van der Waals surface area contributed by atoms with Gasteiger partial charge in [-0.05, 0) is 12.0 Å². The van der Waals surface area contributed by atoms with E-state index in [0.29, 0.717) is 0 Å². The first-order chi connectivity index (χ1) is 9.20. The van der Waals surface area contributed by atoms with E-state index in [-0.39, 0.29) is 12.5 Å². The number of primary amides is 1. The highest BCUT2D eigenvalue weighted by molar-refractivity contribution is 7.18. The number of rotatable bonds is 6. The molecule has 0 aliphatic rings. The Labute approximate surface area is 116 Å². The van der Waals surface area contributed by atoms with Gasteiger partial charge in [0.15, 0.2) is 5.13 Å². The molecule has 0 fully saturated rings. The Bertz CT molecular complexity index is 539. The lowest BCUT2D eigenvalue weighted by Crippen LogP contribution is -2.34. The van der Waals surface area contributed by atoms with Crippen LogP contribution in [0.3, 0.4) is 0 Å². The lowest BCUT2D eigenvalue weighted by atomic mass is 10.2. The van der Waals surface area contributed by atoms with Crippen molar-refractivity contribution in [1.82, 2.24) is 4.98 Å². The Morgan fingerprint density at radius 1 is 1.37 bits per heavy atom. The maximum atomic E-state index is 11.1. The maximum Gasteiger partial charge on any atom is 0.237 e. The molecule has 0 saturated carbocycles. The fourth-order valence-electron chi connectivity index (χ4n) is 1.85. The highest BCUT2D eigenvalue weighted by atomic mass is 32.1. The summed E-state index contributed by atoms with van der Waals surface area (Å²) in [5.74, 6) is -0.329. The summed E-state index contributed by atoms with van der Waals surface area (Å²) in [5, 5.41) is 0.847. The molecule has 1 aromatic carbocycles. The molecule has 1 aromatic heterocycles. The molecule has 2 rings (SSSR count). The van der Waals surface area contributed by atoms with Gasteiger partial charge in [-0.3, -0.25) is 4.79 Å². The Kier molecular flexibility index (Phi) is 4.52. The molecule has 19 heavy (non-hydrogen) atoms. The van der Waals surface area contributed by atoms with Crippen LogP contribution in [0.1, 0.15) is 13.3 Å². The number of amides is 1. The van der Waals surface area contributed by atoms with Crippen LogP contribution in [0.4, 0.5) is 5.13 Å². The molecule has 0 saturated heterocycles. The minimum absolute atomic E-state index is 0.218. The van der Waals surface area contributed by atoms with Gasteiger partial charge in [-0.15, -0.1) is 0 Å². The molecule has 0 aliphatic carbocycles. The van der Waals surface area contributed by atoms with Gasteiger partial charge in [0, 0.05) is 12.7 Å². The fourth-order valence-corrected chi connectivity index (χ4v) is 2.79. The number of nitrogens with zero attached hydrogens (tertiary/aromatic N) is 2. The molecule has 1 amide bonds. The first-order valence-corrected chi connectivity index (χ1v) is 7.07. The number of benzene rings is 1. The van der Waals surface area contributed by atoms with Crippen molar-refractivity contribution >= 4 is 22.4 Å². The topological polar surface area (TPSA) is 59.2 Å². The van der Waals surface area contributed by atoms with E-state index < -0.39 is 0 Å². The van der Waals surface area contributed by atoms with Crippen LogP contribution in [0.15, 0.2) is 36.5 Å². The second-order valence-electron chi connectivity index (χ2n) is 4.26. The van der Waals surface area contributed by atoms with Crippen molar-refractivity contribution in [2.45, 2.75) is 13.3 Å². The van der Waals surface area contributed by atoms with Crippen LogP contribution < -0.4 is 10.6 Å². The summed E-state index contributed by atoms with van der Waals surface area (Å²) >= 11 is 1.58. The molecule has 0 spiro atoms. The van der Waals surface area contributed by atoms with Gasteiger partial charge in [0.1, 0.15) is 0 Å². The second kappa shape index (κ2) is 6.33. The van der Waals surface area contributed by atoms with E-state index in [9.17, 15) is 4.79 Å². The van der Waals surface area contributed by atoms with Crippen LogP contribution in [0, 0.1) is 0 Å². The molecule has 2 N–H and O–H groups in total. The van der Waals surface area contributed by atoms with Crippen molar-refractivity contribution in [3.05, 3.63) is 36.5 Å². The average molecular weight is 275 g/mol. The number of anilines is 1. The number of nitrogens with two attached hydrogens (primary N) is 1. The zero-order valence-corrected chi connectivity index (χ0v) is 11.7. The fraction of sp³-hybridized carbons (Fsp3) is 0.286. The van der Waals surface area contributed by atoms with Crippen molar-refractivity contribution in [2.24, 2.45) is 5.73 Å². The van der Waals surface area contributed by atoms with Crippen LogP contribution in [0.25, 0.3) is 10.4 Å². The Morgan fingerprint density at radius 3 is 2.74 bits per heavy atom. The molecule has 4 nitrogen and oxygen atoms in total. The average Bonchev–Trinajstić information content (AvgIpc) is 2.88. The molecule has 0 bridgehead atoms. The van der Waals surface area contributed by atoms with E-state index in [0.717, 1.165) is 28.5 Å². The minimum Gasteiger partial charge on any atom is -0.368 e. The van der Waals surface area contributed by atoms with Gasteiger partial charge in [0.05, 0.1) is 11.4 Å². The molecule has 1 heterocycles. The van der Waals surface area contributed by atoms with Gasteiger partial charge in [-0.1, -0.05) is 48.6 Å². The van der Waals surface area contributed by atoms with Crippen molar-refractivity contribution in [1.29, 1.82) is 0 Å². The summed E-state index contributed by atoms with van der Waals surface area (Å²) < 4.78 is 0. The summed E-state index contributed by atoms with van der Waals surface area (Å²) in [6, 6.07) is 10.1. The van der Waals surface area contributed by atoms with E-state index in [2.05, 4.69) is 24.0 Å². The lowest BCUT2D eigenvalue weighted by molar-refractivity contribution is -0.116. The Morgan fingerprint density at radius 2 is 2.11 bits per heavy atom. The summed E-state index contributed by atoms with van der Waals surface area (Å²) in [6.45, 7) is 3.07. The van der Waals surface area contributed by atoms with Crippen LogP contribution in [0.2, 0.25) is 0 Å². The monoisotopic (exact) mass is 275 g/mol. The molecule has 5 heteroatoms. The summed E-state index contributed by atoms with van der Waals surface area (Å²) in [5.41, 5.74) is 6.42. The van der Waals surface area contributed by atoms with Gasteiger partial charge in [-0.25, -0.2) is 4.98 Å². The molecule has 2 aromatic rings. The quantitative estimate of drug-likeness (QED) is 0.881. The van der Waals surface area contributed by atoms with Crippen molar-refractivity contribution in [3.8, 4) is 10.4 Å². The number of hydrogen-bond acceptors (Lipinski definition) is 4. The zero-order valence-electron chi connectivity index (χ0n) is 10.9. The second-order valence-corrected chi connectivity index (χ2v) is 5.27. The predicted octanol–water partition coefficient (Wildman–Crippen LogP) is 2.51. The third-order valence-electron chi connectivity index (χ3n) is 2.66. The first-order valence-electron chi connectivity index (χ1n) is 6.25. The Hall–Kier alpha value is -1.88. The van der Waals surface area contributed by atoms with E-state index in [1.807, 2.05) is 29.3 Å². The van der Waals surface area contributed by atoms with E-state index in [1.165, 1.54) is 0 Å². The molecule has 100 valence electrons. The molecule has 0 unspecified atom stereocenters. The highest BCUT2D eigenvalue weighted by Gasteiger charge is 2.13. The van der Waals surface area contributed by atoms with Crippen LogP contribution in [0.5, 0.6) is 0 Å².